The number of ether oxygens (including phenoxy) is 1. The molecule has 1 amide bonds. The molecule has 0 aliphatic carbocycles. The van der Waals surface area contributed by atoms with Crippen molar-refractivity contribution in [2.24, 2.45) is 11.7 Å². The molecule has 2 aliphatic rings. The summed E-state index contributed by atoms with van der Waals surface area (Å²) in [6.45, 7) is 2.96. The average Bonchev–Trinajstić information content (AvgIpc) is 2.95. The number of halogens is 1. The first kappa shape index (κ1) is 15.1. The summed E-state index contributed by atoms with van der Waals surface area (Å²) in [5.41, 5.74) is 6.73. The van der Waals surface area contributed by atoms with Crippen LogP contribution in [-0.4, -0.2) is 37.0 Å². The van der Waals surface area contributed by atoms with Gasteiger partial charge in [0.1, 0.15) is 5.75 Å². The SMILES string of the molecule is Cl.NCC1CCN(C(=O)C2CCOc3ccccc32)C1. The fourth-order valence-corrected chi connectivity index (χ4v) is 3.04. The van der Waals surface area contributed by atoms with Crippen molar-refractivity contribution >= 4 is 18.3 Å². The van der Waals surface area contributed by atoms with Gasteiger partial charge in [-0.3, -0.25) is 4.79 Å². The lowest BCUT2D eigenvalue weighted by molar-refractivity contribution is -0.132. The Morgan fingerprint density at radius 3 is 2.90 bits per heavy atom. The Balaban J connectivity index is 0.00000147. The number of rotatable bonds is 2. The van der Waals surface area contributed by atoms with Crippen molar-refractivity contribution in [3.05, 3.63) is 29.8 Å². The maximum Gasteiger partial charge on any atom is 0.230 e. The molecule has 2 N–H and O–H groups in total. The average molecular weight is 297 g/mol. The van der Waals surface area contributed by atoms with Crippen molar-refractivity contribution in [1.29, 1.82) is 0 Å². The zero-order valence-electron chi connectivity index (χ0n) is 11.5. The van der Waals surface area contributed by atoms with E-state index in [-0.39, 0.29) is 24.2 Å². The van der Waals surface area contributed by atoms with Gasteiger partial charge in [0.2, 0.25) is 5.91 Å². The van der Waals surface area contributed by atoms with Crippen LogP contribution in [-0.2, 0) is 4.79 Å². The lowest BCUT2D eigenvalue weighted by Gasteiger charge is -2.28. The fourth-order valence-electron chi connectivity index (χ4n) is 3.04. The molecule has 110 valence electrons. The Kier molecular flexibility index (Phi) is 4.89. The molecule has 4 nitrogen and oxygen atoms in total. The third-order valence-corrected chi connectivity index (χ3v) is 4.19. The highest BCUT2D eigenvalue weighted by Crippen LogP contribution is 2.35. The lowest BCUT2D eigenvalue weighted by Crippen LogP contribution is -2.36. The van der Waals surface area contributed by atoms with E-state index in [0.29, 0.717) is 19.1 Å². The second-order valence-corrected chi connectivity index (χ2v) is 5.40. The van der Waals surface area contributed by atoms with Gasteiger partial charge in [-0.15, -0.1) is 12.4 Å². The van der Waals surface area contributed by atoms with Crippen LogP contribution in [0.5, 0.6) is 5.75 Å². The molecule has 20 heavy (non-hydrogen) atoms. The van der Waals surface area contributed by atoms with Crippen molar-refractivity contribution in [2.75, 3.05) is 26.2 Å². The minimum Gasteiger partial charge on any atom is -0.493 e. The zero-order chi connectivity index (χ0) is 13.2. The van der Waals surface area contributed by atoms with Crippen molar-refractivity contribution in [3.8, 4) is 5.75 Å². The molecule has 0 bridgehead atoms. The van der Waals surface area contributed by atoms with Crippen LogP contribution in [0.2, 0.25) is 0 Å². The molecular formula is C15H21ClN2O2. The van der Waals surface area contributed by atoms with E-state index in [4.69, 9.17) is 10.5 Å². The van der Waals surface area contributed by atoms with Gasteiger partial charge in [-0.1, -0.05) is 18.2 Å². The number of para-hydroxylation sites is 1. The lowest BCUT2D eigenvalue weighted by atomic mass is 9.92. The first-order chi connectivity index (χ1) is 9.29. The van der Waals surface area contributed by atoms with Gasteiger partial charge < -0.3 is 15.4 Å². The largest absolute Gasteiger partial charge is 0.493 e. The quantitative estimate of drug-likeness (QED) is 0.905. The highest BCUT2D eigenvalue weighted by atomic mass is 35.5. The summed E-state index contributed by atoms with van der Waals surface area (Å²) >= 11 is 0. The van der Waals surface area contributed by atoms with E-state index in [0.717, 1.165) is 37.2 Å². The summed E-state index contributed by atoms with van der Waals surface area (Å²) in [4.78, 5) is 14.6. The Bertz CT molecular complexity index is 481. The third-order valence-electron chi connectivity index (χ3n) is 4.19. The second-order valence-electron chi connectivity index (χ2n) is 5.40. The Morgan fingerprint density at radius 1 is 1.35 bits per heavy atom. The molecule has 1 aromatic carbocycles. The van der Waals surface area contributed by atoms with Crippen molar-refractivity contribution in [1.82, 2.24) is 4.90 Å². The Hall–Kier alpha value is -1.26. The number of amides is 1. The van der Waals surface area contributed by atoms with Gasteiger partial charge >= 0.3 is 0 Å². The molecule has 0 radical (unpaired) electrons. The maximum atomic E-state index is 12.7. The van der Waals surface area contributed by atoms with Crippen LogP contribution in [0.3, 0.4) is 0 Å². The van der Waals surface area contributed by atoms with Crippen LogP contribution in [0, 0.1) is 5.92 Å². The van der Waals surface area contributed by atoms with Gasteiger partial charge in [0, 0.05) is 18.7 Å². The summed E-state index contributed by atoms with van der Waals surface area (Å²) in [6, 6.07) is 7.88. The molecule has 5 heteroatoms. The number of likely N-dealkylation sites (tertiary alicyclic amines) is 1. The topological polar surface area (TPSA) is 55.6 Å². The van der Waals surface area contributed by atoms with Crippen LogP contribution in [0.4, 0.5) is 0 Å². The van der Waals surface area contributed by atoms with Crippen LogP contribution < -0.4 is 10.5 Å². The Morgan fingerprint density at radius 2 is 2.15 bits per heavy atom. The monoisotopic (exact) mass is 296 g/mol. The van der Waals surface area contributed by atoms with Gasteiger partial charge in [0.15, 0.2) is 0 Å². The highest BCUT2D eigenvalue weighted by molar-refractivity contribution is 5.85. The predicted molar refractivity (Wildman–Crippen MR) is 80.3 cm³/mol. The number of carbonyl (C=O) groups excluding carboxylic acids is 1. The number of nitrogens with zero attached hydrogens (tertiary/aromatic N) is 1. The normalized spacial score (nSPS) is 24.6. The van der Waals surface area contributed by atoms with Crippen molar-refractivity contribution in [2.45, 2.75) is 18.8 Å². The number of fused-ring (bicyclic) bond motifs is 1. The van der Waals surface area contributed by atoms with Gasteiger partial charge in [-0.2, -0.15) is 0 Å². The van der Waals surface area contributed by atoms with E-state index < -0.39 is 0 Å². The summed E-state index contributed by atoms with van der Waals surface area (Å²) in [7, 11) is 0. The molecule has 1 aromatic rings. The summed E-state index contributed by atoms with van der Waals surface area (Å²) < 4.78 is 5.62. The molecule has 2 atom stereocenters. The van der Waals surface area contributed by atoms with Crippen LogP contribution >= 0.6 is 12.4 Å². The second kappa shape index (κ2) is 6.46. The van der Waals surface area contributed by atoms with E-state index in [1.807, 2.05) is 29.2 Å². The van der Waals surface area contributed by atoms with Gasteiger partial charge in [0.25, 0.3) is 0 Å². The zero-order valence-corrected chi connectivity index (χ0v) is 12.3. The molecule has 0 spiro atoms. The van der Waals surface area contributed by atoms with Crippen LogP contribution in [0.1, 0.15) is 24.3 Å². The summed E-state index contributed by atoms with van der Waals surface area (Å²) in [5, 5.41) is 0. The maximum absolute atomic E-state index is 12.7. The first-order valence-electron chi connectivity index (χ1n) is 7.00. The van der Waals surface area contributed by atoms with E-state index in [9.17, 15) is 4.79 Å². The number of carbonyl (C=O) groups is 1. The standard InChI is InChI=1S/C15H20N2O2.ClH/c16-9-11-5-7-17(10-11)15(18)13-6-8-19-14-4-2-1-3-12(13)14;/h1-4,11,13H,5-10,16H2;1H. The smallest absolute Gasteiger partial charge is 0.230 e. The van der Waals surface area contributed by atoms with Gasteiger partial charge in [-0.25, -0.2) is 0 Å². The van der Waals surface area contributed by atoms with E-state index in [2.05, 4.69) is 0 Å². The molecule has 0 aromatic heterocycles. The van der Waals surface area contributed by atoms with E-state index in [1.165, 1.54) is 0 Å². The van der Waals surface area contributed by atoms with Crippen molar-refractivity contribution in [3.63, 3.8) is 0 Å². The molecule has 1 saturated heterocycles. The minimum atomic E-state index is -0.0403. The number of hydrogen-bond acceptors (Lipinski definition) is 3. The first-order valence-corrected chi connectivity index (χ1v) is 7.00. The molecule has 2 aliphatic heterocycles. The minimum absolute atomic E-state index is 0. The third kappa shape index (κ3) is 2.76. The molecule has 2 heterocycles. The van der Waals surface area contributed by atoms with Gasteiger partial charge in [0.05, 0.1) is 12.5 Å². The van der Waals surface area contributed by atoms with Gasteiger partial charge in [-0.05, 0) is 31.4 Å². The molecular weight excluding hydrogens is 276 g/mol. The summed E-state index contributed by atoms with van der Waals surface area (Å²) in [6.07, 6.45) is 1.81. The van der Waals surface area contributed by atoms with Crippen LogP contribution in [0.25, 0.3) is 0 Å². The molecule has 1 fully saturated rings. The number of nitrogens with two attached hydrogens (primary N) is 1. The highest BCUT2D eigenvalue weighted by Gasteiger charge is 2.34. The molecule has 0 saturated carbocycles. The molecule has 2 unspecified atom stereocenters. The Labute approximate surface area is 125 Å². The predicted octanol–water partition coefficient (Wildman–Crippen LogP) is 1.78. The van der Waals surface area contributed by atoms with E-state index in [1.54, 1.807) is 0 Å². The van der Waals surface area contributed by atoms with Crippen molar-refractivity contribution < 1.29 is 9.53 Å². The van der Waals surface area contributed by atoms with E-state index >= 15 is 0 Å². The number of hydrogen-bond donors (Lipinski definition) is 1. The summed E-state index contributed by atoms with van der Waals surface area (Å²) in [5.74, 6) is 1.54. The number of benzene rings is 1. The van der Waals surface area contributed by atoms with Crippen LogP contribution in [0.15, 0.2) is 24.3 Å². The fraction of sp³-hybridized carbons (Fsp3) is 0.533. The molecule has 3 rings (SSSR count).